The largest absolute Gasteiger partial charge is 0.491 e. The summed E-state index contributed by atoms with van der Waals surface area (Å²) < 4.78 is 48.6. The topological polar surface area (TPSA) is 78.4 Å². The summed E-state index contributed by atoms with van der Waals surface area (Å²) in [7, 11) is 0. The Balaban J connectivity index is 0.00000512. The molecule has 1 aliphatic heterocycles. The Morgan fingerprint density at radius 1 is 1.19 bits per heavy atom. The van der Waals surface area contributed by atoms with Crippen LogP contribution >= 0.6 is 24.0 Å². The fourth-order valence-corrected chi connectivity index (χ4v) is 3.09. The number of hydrogen-bond acceptors (Lipinski definition) is 5. The highest BCUT2D eigenvalue weighted by atomic mass is 127. The van der Waals surface area contributed by atoms with Gasteiger partial charge in [-0.3, -0.25) is 9.89 Å². The number of halogens is 4. The molecule has 32 heavy (non-hydrogen) atoms. The minimum atomic E-state index is -4.39. The Hall–Kier alpha value is -1.31. The first-order valence-corrected chi connectivity index (χ1v) is 10.4. The summed E-state index contributed by atoms with van der Waals surface area (Å²) in [5.74, 6) is 0.845. The molecule has 1 fully saturated rings. The number of alkyl halides is 3. The van der Waals surface area contributed by atoms with Crippen LogP contribution in [-0.4, -0.2) is 80.2 Å². The molecule has 0 aromatic heterocycles. The summed E-state index contributed by atoms with van der Waals surface area (Å²) in [6.45, 7) is 10.8. The van der Waals surface area contributed by atoms with Crippen molar-refractivity contribution in [3.05, 3.63) is 29.8 Å². The summed E-state index contributed by atoms with van der Waals surface area (Å²) >= 11 is 0. The molecular weight excluding hydrogens is 540 g/mol. The van der Waals surface area contributed by atoms with Crippen LogP contribution in [0.15, 0.2) is 29.3 Å². The number of guanidine groups is 1. The average Bonchev–Trinajstić information content (AvgIpc) is 2.74. The lowest BCUT2D eigenvalue weighted by Crippen LogP contribution is -2.52. The number of rotatable bonds is 9. The van der Waals surface area contributed by atoms with Crippen molar-refractivity contribution >= 4 is 29.9 Å². The van der Waals surface area contributed by atoms with Crippen molar-refractivity contribution in [3.63, 3.8) is 0 Å². The summed E-state index contributed by atoms with van der Waals surface area (Å²) in [6.07, 6.45) is -5.25. The molecule has 7 nitrogen and oxygen atoms in total. The third-order valence-corrected chi connectivity index (χ3v) is 4.96. The lowest BCUT2D eigenvalue weighted by atomic mass is 10.0. The van der Waals surface area contributed by atoms with Crippen LogP contribution in [0.3, 0.4) is 0 Å². The first-order valence-electron chi connectivity index (χ1n) is 10.4. The fraction of sp³-hybridized carbons (Fsp3) is 0.667. The number of ether oxygens (including phenoxy) is 2. The number of nitrogens with zero attached hydrogens (tertiary/aromatic N) is 2. The van der Waals surface area contributed by atoms with Crippen molar-refractivity contribution in [2.45, 2.75) is 38.6 Å². The van der Waals surface area contributed by atoms with Crippen LogP contribution in [0.4, 0.5) is 13.2 Å². The van der Waals surface area contributed by atoms with Crippen LogP contribution in [0.25, 0.3) is 0 Å². The average molecular weight is 574 g/mol. The molecule has 0 saturated carbocycles. The maximum absolute atomic E-state index is 12.6. The quantitative estimate of drug-likeness (QED) is 0.239. The zero-order valence-electron chi connectivity index (χ0n) is 18.7. The van der Waals surface area contributed by atoms with E-state index in [1.165, 1.54) is 12.1 Å². The van der Waals surface area contributed by atoms with Crippen molar-refractivity contribution < 1.29 is 27.8 Å². The third kappa shape index (κ3) is 9.67. The predicted molar refractivity (Wildman–Crippen MR) is 129 cm³/mol. The summed E-state index contributed by atoms with van der Waals surface area (Å²) in [5, 5.41) is 16.4. The number of aliphatic hydroxyl groups excluding tert-OH is 1. The Labute approximate surface area is 204 Å². The van der Waals surface area contributed by atoms with E-state index in [0.717, 1.165) is 38.4 Å². The van der Waals surface area contributed by atoms with Gasteiger partial charge in [-0.2, -0.15) is 13.2 Å². The zero-order chi connectivity index (χ0) is 22.9. The van der Waals surface area contributed by atoms with Gasteiger partial charge in [-0.1, -0.05) is 0 Å². The monoisotopic (exact) mass is 574 g/mol. The Morgan fingerprint density at radius 3 is 2.38 bits per heavy atom. The van der Waals surface area contributed by atoms with Crippen molar-refractivity contribution in [3.8, 4) is 5.75 Å². The molecule has 0 radical (unpaired) electrons. The van der Waals surface area contributed by atoms with Crippen molar-refractivity contribution in [1.82, 2.24) is 15.5 Å². The second-order valence-corrected chi connectivity index (χ2v) is 7.97. The molecule has 1 unspecified atom stereocenters. The molecule has 184 valence electrons. The summed E-state index contributed by atoms with van der Waals surface area (Å²) in [4.78, 5) is 6.98. The van der Waals surface area contributed by atoms with Crippen LogP contribution in [0.1, 0.15) is 26.3 Å². The van der Waals surface area contributed by atoms with Gasteiger partial charge in [0.2, 0.25) is 0 Å². The molecule has 0 bridgehead atoms. The maximum Gasteiger partial charge on any atom is 0.416 e. The Kier molecular flexibility index (Phi) is 12.0. The van der Waals surface area contributed by atoms with Gasteiger partial charge >= 0.3 is 6.18 Å². The van der Waals surface area contributed by atoms with Crippen LogP contribution in [0, 0.1) is 0 Å². The van der Waals surface area contributed by atoms with E-state index in [1.807, 2.05) is 6.92 Å². The van der Waals surface area contributed by atoms with Gasteiger partial charge in [0.05, 0.1) is 25.3 Å². The lowest BCUT2D eigenvalue weighted by Gasteiger charge is -2.39. The van der Waals surface area contributed by atoms with Gasteiger partial charge in [-0.25, -0.2) is 0 Å². The Morgan fingerprint density at radius 2 is 1.81 bits per heavy atom. The molecule has 2 rings (SSSR count). The number of hydrogen-bond donors (Lipinski definition) is 3. The lowest BCUT2D eigenvalue weighted by molar-refractivity contribution is -0.137. The maximum atomic E-state index is 12.6. The van der Waals surface area contributed by atoms with E-state index in [-0.39, 0.29) is 48.4 Å². The van der Waals surface area contributed by atoms with Crippen molar-refractivity contribution in [2.24, 2.45) is 4.99 Å². The molecule has 0 aliphatic carbocycles. The normalized spacial score (nSPS) is 16.8. The second kappa shape index (κ2) is 13.4. The highest BCUT2D eigenvalue weighted by Crippen LogP contribution is 2.30. The zero-order valence-corrected chi connectivity index (χ0v) is 21.1. The molecule has 1 aliphatic rings. The van der Waals surface area contributed by atoms with E-state index >= 15 is 0 Å². The van der Waals surface area contributed by atoms with Gasteiger partial charge in [0, 0.05) is 31.7 Å². The SMILES string of the molecule is CCNC(=NCC(C)(C)N1CCOCC1)NCC(O)COc1ccc(C(F)(F)F)cc1.I. The van der Waals surface area contributed by atoms with Gasteiger partial charge < -0.3 is 25.2 Å². The molecule has 0 spiro atoms. The van der Waals surface area contributed by atoms with Crippen LogP contribution in [0.5, 0.6) is 5.75 Å². The number of morpholine rings is 1. The first-order chi connectivity index (χ1) is 14.6. The standard InChI is InChI=1S/C21H33F3N4O3.HI/c1-4-25-19(27-15-20(2,3)28-9-11-30-12-10-28)26-13-17(29)14-31-18-7-5-16(6-8-18)21(22,23)24;/h5-8,17,29H,4,9-15H2,1-3H3,(H2,25,26,27);1H. The first kappa shape index (κ1) is 28.7. The van der Waals surface area contributed by atoms with E-state index < -0.39 is 17.8 Å². The minimum absolute atomic E-state index is 0. The van der Waals surface area contributed by atoms with Gasteiger partial charge in [-0.15, -0.1) is 24.0 Å². The number of aliphatic hydroxyl groups is 1. The third-order valence-electron chi connectivity index (χ3n) is 4.96. The van der Waals surface area contributed by atoms with Crippen LogP contribution in [-0.2, 0) is 10.9 Å². The molecule has 11 heteroatoms. The highest BCUT2D eigenvalue weighted by Gasteiger charge is 2.30. The minimum Gasteiger partial charge on any atom is -0.491 e. The molecule has 1 heterocycles. The van der Waals surface area contributed by atoms with Gasteiger partial charge in [0.15, 0.2) is 5.96 Å². The molecule has 1 aromatic rings. The molecule has 3 N–H and O–H groups in total. The smallest absolute Gasteiger partial charge is 0.416 e. The van der Waals surface area contributed by atoms with E-state index in [2.05, 4.69) is 34.4 Å². The Bertz CT molecular complexity index is 697. The number of nitrogens with one attached hydrogen (secondary N) is 2. The van der Waals surface area contributed by atoms with Gasteiger partial charge in [0.25, 0.3) is 0 Å². The molecular formula is C21H34F3IN4O3. The van der Waals surface area contributed by atoms with Crippen molar-refractivity contribution in [1.29, 1.82) is 0 Å². The van der Waals surface area contributed by atoms with E-state index in [4.69, 9.17) is 9.47 Å². The number of aliphatic imine (C=N–C) groups is 1. The van der Waals surface area contributed by atoms with E-state index in [9.17, 15) is 18.3 Å². The second-order valence-electron chi connectivity index (χ2n) is 7.97. The van der Waals surface area contributed by atoms with Gasteiger partial charge in [0.1, 0.15) is 18.5 Å². The van der Waals surface area contributed by atoms with Gasteiger partial charge in [-0.05, 0) is 45.0 Å². The van der Waals surface area contributed by atoms with E-state index in [0.29, 0.717) is 19.0 Å². The molecule has 0 amide bonds. The molecule has 1 aromatic carbocycles. The molecule has 1 saturated heterocycles. The fourth-order valence-electron chi connectivity index (χ4n) is 3.09. The van der Waals surface area contributed by atoms with Crippen LogP contribution < -0.4 is 15.4 Å². The van der Waals surface area contributed by atoms with E-state index in [1.54, 1.807) is 0 Å². The molecule has 1 atom stereocenters. The summed E-state index contributed by atoms with van der Waals surface area (Å²) in [6, 6.07) is 4.38. The van der Waals surface area contributed by atoms with Crippen molar-refractivity contribution in [2.75, 3.05) is 52.5 Å². The number of benzene rings is 1. The highest BCUT2D eigenvalue weighted by molar-refractivity contribution is 14.0. The predicted octanol–water partition coefficient (Wildman–Crippen LogP) is 2.73. The summed E-state index contributed by atoms with van der Waals surface area (Å²) in [5.41, 5.74) is -0.871. The van der Waals surface area contributed by atoms with Crippen LogP contribution in [0.2, 0.25) is 0 Å².